The van der Waals surface area contributed by atoms with Gasteiger partial charge in [0.1, 0.15) is 11.4 Å². The van der Waals surface area contributed by atoms with Gasteiger partial charge in [-0.2, -0.15) is 0 Å². The normalized spacial score (nSPS) is 17.2. The monoisotopic (exact) mass is 433 g/mol. The highest BCUT2D eigenvalue weighted by Gasteiger charge is 2.43. The Bertz CT molecular complexity index is 1080. The molecule has 2 aromatic rings. The topological polar surface area (TPSA) is 79.0 Å². The Balaban J connectivity index is 1.76. The maximum atomic E-state index is 13.6. The maximum Gasteiger partial charge on any atom is 0.282 e. The minimum Gasteiger partial charge on any atom is -0.497 e. The van der Waals surface area contributed by atoms with Gasteiger partial charge in [-0.25, -0.2) is 4.90 Å². The molecule has 0 radical (unpaired) electrons. The molecule has 4 rings (SSSR count). The average Bonchev–Trinajstić information content (AvgIpc) is 3.04. The summed E-state index contributed by atoms with van der Waals surface area (Å²) in [7, 11) is 1.55. The summed E-state index contributed by atoms with van der Waals surface area (Å²) >= 11 is 0. The van der Waals surface area contributed by atoms with Crippen LogP contribution in [0.3, 0.4) is 0 Å². The molecule has 0 bridgehead atoms. The predicted molar refractivity (Wildman–Crippen MR) is 123 cm³/mol. The fraction of sp³-hybridized carbons (Fsp3) is 0.320. The van der Waals surface area contributed by atoms with E-state index in [0.717, 1.165) is 25.9 Å². The zero-order chi connectivity index (χ0) is 22.8. The minimum atomic E-state index is -0.357. The summed E-state index contributed by atoms with van der Waals surface area (Å²) in [5.41, 5.74) is 2.60. The Morgan fingerprint density at radius 2 is 1.72 bits per heavy atom. The fourth-order valence-corrected chi connectivity index (χ4v) is 4.21. The van der Waals surface area contributed by atoms with Crippen molar-refractivity contribution in [1.29, 1.82) is 0 Å². The van der Waals surface area contributed by atoms with Crippen molar-refractivity contribution < 1.29 is 19.1 Å². The molecule has 3 amide bonds. The maximum absolute atomic E-state index is 13.6. The number of piperidine rings is 1. The zero-order valence-electron chi connectivity index (χ0n) is 18.6. The van der Waals surface area contributed by atoms with Gasteiger partial charge in [0.05, 0.1) is 18.4 Å². The van der Waals surface area contributed by atoms with Crippen molar-refractivity contribution in [3.05, 3.63) is 59.8 Å². The van der Waals surface area contributed by atoms with E-state index < -0.39 is 0 Å². The molecule has 7 nitrogen and oxygen atoms in total. The van der Waals surface area contributed by atoms with Gasteiger partial charge in [-0.05, 0) is 48.6 Å². The van der Waals surface area contributed by atoms with E-state index >= 15 is 0 Å². The van der Waals surface area contributed by atoms with Crippen LogP contribution in [0.15, 0.2) is 54.2 Å². The van der Waals surface area contributed by atoms with Gasteiger partial charge in [-0.3, -0.25) is 14.4 Å². The van der Waals surface area contributed by atoms with Crippen LogP contribution in [0.4, 0.5) is 11.4 Å². The molecule has 7 heteroatoms. The first kappa shape index (κ1) is 21.6. The van der Waals surface area contributed by atoms with Gasteiger partial charge in [-0.1, -0.05) is 25.1 Å². The first-order chi connectivity index (χ1) is 15.4. The van der Waals surface area contributed by atoms with Gasteiger partial charge < -0.3 is 15.0 Å². The highest BCUT2D eigenvalue weighted by molar-refractivity contribution is 6.45. The number of anilines is 2. The van der Waals surface area contributed by atoms with Crippen LogP contribution in [-0.4, -0.2) is 42.8 Å². The molecule has 2 aromatic carbocycles. The van der Waals surface area contributed by atoms with Crippen molar-refractivity contribution in [2.24, 2.45) is 5.92 Å². The molecule has 32 heavy (non-hydrogen) atoms. The SMILES string of the molecule is COc1cccc(N2C(=O)C(c3ccc(NC(C)=O)cc3)=C(N3CCC(C)CC3)C2=O)c1. The van der Waals surface area contributed by atoms with Crippen LogP contribution < -0.4 is 15.0 Å². The standard InChI is InChI=1S/C25H27N3O4/c1-16-11-13-27(14-12-16)23-22(18-7-9-19(10-8-18)26-17(2)29)24(30)28(25(23)31)20-5-4-6-21(15-20)32-3/h4-10,15-16H,11-14H2,1-3H3,(H,26,29). The first-order valence-corrected chi connectivity index (χ1v) is 10.8. The second kappa shape index (κ2) is 8.86. The summed E-state index contributed by atoms with van der Waals surface area (Å²) in [6.07, 6.45) is 1.94. The average molecular weight is 434 g/mol. The number of carbonyl (C=O) groups is 3. The molecule has 0 unspecified atom stereocenters. The van der Waals surface area contributed by atoms with Crippen molar-refractivity contribution in [3.63, 3.8) is 0 Å². The fourth-order valence-electron chi connectivity index (χ4n) is 4.21. The van der Waals surface area contributed by atoms with Crippen LogP contribution >= 0.6 is 0 Å². The number of imide groups is 1. The first-order valence-electron chi connectivity index (χ1n) is 10.8. The van der Waals surface area contributed by atoms with Gasteiger partial charge in [-0.15, -0.1) is 0 Å². The summed E-state index contributed by atoms with van der Waals surface area (Å²) in [5, 5.41) is 2.73. The summed E-state index contributed by atoms with van der Waals surface area (Å²) in [6, 6.07) is 14.0. The predicted octanol–water partition coefficient (Wildman–Crippen LogP) is 3.67. The van der Waals surface area contributed by atoms with E-state index in [1.165, 1.54) is 11.8 Å². The third-order valence-electron chi connectivity index (χ3n) is 5.96. The quantitative estimate of drug-likeness (QED) is 0.728. The molecule has 0 atom stereocenters. The molecule has 2 heterocycles. The van der Waals surface area contributed by atoms with Crippen molar-refractivity contribution in [2.75, 3.05) is 30.4 Å². The number of carbonyl (C=O) groups excluding carboxylic acids is 3. The number of hydrogen-bond acceptors (Lipinski definition) is 5. The number of benzene rings is 2. The van der Waals surface area contributed by atoms with Crippen LogP contribution in [0.1, 0.15) is 32.3 Å². The van der Waals surface area contributed by atoms with Crippen molar-refractivity contribution in [1.82, 2.24) is 4.90 Å². The van der Waals surface area contributed by atoms with Crippen LogP contribution in [-0.2, 0) is 14.4 Å². The Labute approximate surface area is 187 Å². The zero-order valence-corrected chi connectivity index (χ0v) is 18.6. The lowest BCUT2D eigenvalue weighted by atomic mass is 9.97. The molecule has 166 valence electrons. The lowest BCUT2D eigenvalue weighted by molar-refractivity contribution is -0.121. The smallest absolute Gasteiger partial charge is 0.282 e. The second-order valence-electron chi connectivity index (χ2n) is 8.30. The Kier molecular flexibility index (Phi) is 5.99. The Morgan fingerprint density at radius 1 is 1.03 bits per heavy atom. The lowest BCUT2D eigenvalue weighted by Gasteiger charge is -2.32. The number of nitrogens with zero attached hydrogens (tertiary/aromatic N) is 2. The number of ether oxygens (including phenoxy) is 1. The van der Waals surface area contributed by atoms with E-state index in [4.69, 9.17) is 4.74 Å². The Hall–Kier alpha value is -3.61. The number of amides is 3. The number of likely N-dealkylation sites (tertiary alicyclic amines) is 1. The third-order valence-corrected chi connectivity index (χ3v) is 5.96. The van der Waals surface area contributed by atoms with Gasteiger partial charge in [0.2, 0.25) is 5.91 Å². The minimum absolute atomic E-state index is 0.170. The highest BCUT2D eigenvalue weighted by atomic mass is 16.5. The number of nitrogens with one attached hydrogen (secondary N) is 1. The summed E-state index contributed by atoms with van der Waals surface area (Å²) in [4.78, 5) is 41.8. The molecule has 1 N–H and O–H groups in total. The Morgan fingerprint density at radius 3 is 2.34 bits per heavy atom. The molecule has 2 aliphatic heterocycles. The van der Waals surface area contributed by atoms with Crippen LogP contribution in [0.25, 0.3) is 5.57 Å². The van der Waals surface area contributed by atoms with E-state index in [2.05, 4.69) is 12.2 Å². The summed E-state index contributed by atoms with van der Waals surface area (Å²) < 4.78 is 5.29. The van der Waals surface area contributed by atoms with E-state index in [-0.39, 0.29) is 17.7 Å². The van der Waals surface area contributed by atoms with E-state index in [0.29, 0.717) is 39.9 Å². The highest BCUT2D eigenvalue weighted by Crippen LogP contribution is 2.37. The number of rotatable bonds is 5. The van der Waals surface area contributed by atoms with E-state index in [9.17, 15) is 14.4 Å². The molecule has 2 aliphatic rings. The number of methoxy groups -OCH3 is 1. The summed E-state index contributed by atoms with van der Waals surface area (Å²) in [5.74, 6) is 0.317. The molecule has 0 saturated carbocycles. The third kappa shape index (κ3) is 4.10. The van der Waals surface area contributed by atoms with Crippen LogP contribution in [0.5, 0.6) is 5.75 Å². The molecule has 0 aliphatic carbocycles. The largest absolute Gasteiger partial charge is 0.497 e. The van der Waals surface area contributed by atoms with Crippen molar-refractivity contribution in [3.8, 4) is 5.75 Å². The molecular formula is C25H27N3O4. The van der Waals surface area contributed by atoms with E-state index in [1.807, 2.05) is 4.90 Å². The van der Waals surface area contributed by atoms with Crippen molar-refractivity contribution in [2.45, 2.75) is 26.7 Å². The number of hydrogen-bond donors (Lipinski definition) is 1. The van der Waals surface area contributed by atoms with Gasteiger partial charge in [0.15, 0.2) is 0 Å². The molecule has 1 saturated heterocycles. The van der Waals surface area contributed by atoms with Gasteiger partial charge >= 0.3 is 0 Å². The molecule has 0 aromatic heterocycles. The van der Waals surface area contributed by atoms with Crippen LogP contribution in [0.2, 0.25) is 0 Å². The second-order valence-corrected chi connectivity index (χ2v) is 8.30. The lowest BCUT2D eigenvalue weighted by Crippen LogP contribution is -2.38. The van der Waals surface area contributed by atoms with Crippen molar-refractivity contribution >= 4 is 34.7 Å². The van der Waals surface area contributed by atoms with Gasteiger partial charge in [0, 0.05) is 31.8 Å². The summed E-state index contributed by atoms with van der Waals surface area (Å²) in [6.45, 7) is 5.11. The molecular weight excluding hydrogens is 406 g/mol. The van der Waals surface area contributed by atoms with E-state index in [1.54, 1.807) is 55.6 Å². The van der Waals surface area contributed by atoms with Crippen LogP contribution in [0, 0.1) is 5.92 Å². The molecule has 0 spiro atoms. The molecule has 1 fully saturated rings. The van der Waals surface area contributed by atoms with Gasteiger partial charge in [0.25, 0.3) is 11.8 Å².